The van der Waals surface area contributed by atoms with Crippen molar-refractivity contribution in [2.75, 3.05) is 26.2 Å². The van der Waals surface area contributed by atoms with Crippen LogP contribution in [0.2, 0.25) is 0 Å². The molecule has 2 aliphatic rings. The Balaban J connectivity index is 1.97. The molecular weight excluding hydrogens is 188 g/mol. The summed E-state index contributed by atoms with van der Waals surface area (Å²) >= 11 is 0. The van der Waals surface area contributed by atoms with E-state index in [1.165, 1.54) is 19.6 Å². The van der Waals surface area contributed by atoms with Crippen LogP contribution in [-0.4, -0.2) is 42.4 Å². The summed E-state index contributed by atoms with van der Waals surface area (Å²) in [6, 6.07) is 0. The first kappa shape index (κ1) is 11.4. The maximum absolute atomic E-state index is 6.26. The van der Waals surface area contributed by atoms with E-state index in [2.05, 4.69) is 31.0 Å². The van der Waals surface area contributed by atoms with Crippen LogP contribution < -0.4 is 5.32 Å². The molecule has 3 heteroatoms. The van der Waals surface area contributed by atoms with Gasteiger partial charge in [-0.3, -0.25) is 5.32 Å². The second-order valence-electron chi connectivity index (χ2n) is 5.47. The van der Waals surface area contributed by atoms with Gasteiger partial charge in [0.15, 0.2) is 0 Å². The molecule has 0 bridgehead atoms. The topological polar surface area (TPSA) is 24.5 Å². The maximum Gasteiger partial charge on any atom is 0.122 e. The molecule has 0 amide bonds. The van der Waals surface area contributed by atoms with Gasteiger partial charge in [0.1, 0.15) is 5.72 Å². The summed E-state index contributed by atoms with van der Waals surface area (Å²) in [7, 11) is 0. The van der Waals surface area contributed by atoms with Crippen molar-refractivity contribution in [1.82, 2.24) is 10.2 Å². The minimum Gasteiger partial charge on any atom is -0.355 e. The molecule has 88 valence electrons. The Morgan fingerprint density at radius 3 is 2.40 bits per heavy atom. The SMILES string of the molecule is CCN1CCC2(CC1)NCCC(C)(C)O2. The molecule has 0 atom stereocenters. The Labute approximate surface area is 93.2 Å². The van der Waals surface area contributed by atoms with Crippen molar-refractivity contribution in [3.8, 4) is 0 Å². The monoisotopic (exact) mass is 212 g/mol. The zero-order valence-corrected chi connectivity index (χ0v) is 10.3. The van der Waals surface area contributed by atoms with Gasteiger partial charge in [-0.25, -0.2) is 0 Å². The molecule has 3 nitrogen and oxygen atoms in total. The highest BCUT2D eigenvalue weighted by molar-refractivity contribution is 4.92. The van der Waals surface area contributed by atoms with Gasteiger partial charge in [0.2, 0.25) is 0 Å². The maximum atomic E-state index is 6.26. The van der Waals surface area contributed by atoms with E-state index in [1.807, 2.05) is 0 Å². The highest BCUT2D eigenvalue weighted by atomic mass is 16.5. The molecule has 0 aromatic heterocycles. The third-order valence-corrected chi connectivity index (χ3v) is 3.76. The first-order chi connectivity index (χ1) is 7.05. The Bertz CT molecular complexity index is 220. The molecule has 0 aromatic carbocycles. The van der Waals surface area contributed by atoms with Crippen LogP contribution in [0.3, 0.4) is 0 Å². The summed E-state index contributed by atoms with van der Waals surface area (Å²) in [5, 5.41) is 3.59. The van der Waals surface area contributed by atoms with E-state index in [1.54, 1.807) is 0 Å². The first-order valence-electron chi connectivity index (χ1n) is 6.23. The van der Waals surface area contributed by atoms with E-state index >= 15 is 0 Å². The molecule has 2 aliphatic heterocycles. The predicted octanol–water partition coefficient (Wildman–Crippen LogP) is 1.59. The third kappa shape index (κ3) is 2.52. The van der Waals surface area contributed by atoms with Gasteiger partial charge in [-0.1, -0.05) is 6.92 Å². The van der Waals surface area contributed by atoms with Crippen LogP contribution in [0.25, 0.3) is 0 Å². The second-order valence-corrected chi connectivity index (χ2v) is 5.47. The smallest absolute Gasteiger partial charge is 0.122 e. The molecule has 0 unspecified atom stereocenters. The molecule has 0 aliphatic carbocycles. The molecule has 0 saturated carbocycles. The quantitative estimate of drug-likeness (QED) is 0.714. The molecule has 2 rings (SSSR count). The number of likely N-dealkylation sites (tertiary alicyclic amines) is 1. The second kappa shape index (κ2) is 4.04. The molecule has 2 heterocycles. The Morgan fingerprint density at radius 2 is 1.87 bits per heavy atom. The summed E-state index contributed by atoms with van der Waals surface area (Å²) in [4.78, 5) is 2.50. The van der Waals surface area contributed by atoms with Gasteiger partial charge >= 0.3 is 0 Å². The van der Waals surface area contributed by atoms with Crippen molar-refractivity contribution < 1.29 is 4.74 Å². The van der Waals surface area contributed by atoms with Crippen molar-refractivity contribution in [1.29, 1.82) is 0 Å². The normalized spacial score (nSPS) is 30.6. The Hall–Kier alpha value is -0.120. The summed E-state index contributed by atoms with van der Waals surface area (Å²) in [5.41, 5.74) is 0.0348. The van der Waals surface area contributed by atoms with E-state index in [-0.39, 0.29) is 11.3 Å². The Kier molecular flexibility index (Phi) is 3.06. The first-order valence-corrected chi connectivity index (χ1v) is 6.23. The number of hydrogen-bond donors (Lipinski definition) is 1. The zero-order chi connectivity index (χ0) is 10.9. The van der Waals surface area contributed by atoms with Gasteiger partial charge in [-0.2, -0.15) is 0 Å². The number of nitrogens with one attached hydrogen (secondary N) is 1. The van der Waals surface area contributed by atoms with Crippen molar-refractivity contribution in [2.45, 2.75) is 51.4 Å². The van der Waals surface area contributed by atoms with Gasteiger partial charge in [0.25, 0.3) is 0 Å². The average molecular weight is 212 g/mol. The Morgan fingerprint density at radius 1 is 1.20 bits per heavy atom. The molecule has 15 heavy (non-hydrogen) atoms. The van der Waals surface area contributed by atoms with E-state index in [9.17, 15) is 0 Å². The number of piperidine rings is 1. The van der Waals surface area contributed by atoms with E-state index in [0.717, 1.165) is 25.8 Å². The van der Waals surface area contributed by atoms with Crippen LogP contribution in [0.5, 0.6) is 0 Å². The molecule has 2 fully saturated rings. The van der Waals surface area contributed by atoms with Gasteiger partial charge in [-0.05, 0) is 26.8 Å². The number of ether oxygens (including phenoxy) is 1. The van der Waals surface area contributed by atoms with E-state index in [0.29, 0.717) is 0 Å². The number of nitrogens with zero attached hydrogens (tertiary/aromatic N) is 1. The van der Waals surface area contributed by atoms with Gasteiger partial charge in [0, 0.05) is 32.5 Å². The summed E-state index contributed by atoms with van der Waals surface area (Å²) in [6.45, 7) is 11.2. The van der Waals surface area contributed by atoms with Crippen molar-refractivity contribution in [2.24, 2.45) is 0 Å². The highest BCUT2D eigenvalue weighted by Gasteiger charge is 2.42. The van der Waals surface area contributed by atoms with Crippen LogP contribution >= 0.6 is 0 Å². The summed E-state index contributed by atoms with van der Waals surface area (Å²) < 4.78 is 6.26. The zero-order valence-electron chi connectivity index (χ0n) is 10.3. The lowest BCUT2D eigenvalue weighted by Gasteiger charge is -2.49. The largest absolute Gasteiger partial charge is 0.355 e. The van der Waals surface area contributed by atoms with E-state index < -0.39 is 0 Å². The van der Waals surface area contributed by atoms with Crippen LogP contribution in [0, 0.1) is 0 Å². The molecule has 1 spiro atoms. The lowest BCUT2D eigenvalue weighted by Crippen LogP contribution is -2.62. The molecule has 2 saturated heterocycles. The van der Waals surface area contributed by atoms with Crippen LogP contribution in [0.4, 0.5) is 0 Å². The molecule has 1 N–H and O–H groups in total. The molecule has 0 aromatic rings. The highest BCUT2D eigenvalue weighted by Crippen LogP contribution is 2.33. The van der Waals surface area contributed by atoms with Gasteiger partial charge < -0.3 is 9.64 Å². The standard InChI is InChI=1S/C12H24N2O/c1-4-14-9-6-12(7-10-14)13-8-5-11(2,3)15-12/h13H,4-10H2,1-3H3. The van der Waals surface area contributed by atoms with Crippen molar-refractivity contribution >= 4 is 0 Å². The minimum absolute atomic E-state index is 0.0204. The number of rotatable bonds is 1. The fourth-order valence-corrected chi connectivity index (χ4v) is 2.72. The third-order valence-electron chi connectivity index (χ3n) is 3.76. The fraction of sp³-hybridized carbons (Fsp3) is 1.00. The van der Waals surface area contributed by atoms with Crippen molar-refractivity contribution in [3.63, 3.8) is 0 Å². The van der Waals surface area contributed by atoms with Gasteiger partial charge in [-0.15, -0.1) is 0 Å². The van der Waals surface area contributed by atoms with E-state index in [4.69, 9.17) is 4.74 Å². The molecule has 0 radical (unpaired) electrons. The lowest BCUT2D eigenvalue weighted by molar-refractivity contribution is -0.204. The van der Waals surface area contributed by atoms with Crippen molar-refractivity contribution in [3.05, 3.63) is 0 Å². The lowest BCUT2D eigenvalue weighted by atomic mass is 9.93. The number of hydrogen-bond acceptors (Lipinski definition) is 3. The molecular formula is C12H24N2O. The predicted molar refractivity (Wildman–Crippen MR) is 61.9 cm³/mol. The van der Waals surface area contributed by atoms with Crippen LogP contribution in [-0.2, 0) is 4.74 Å². The fourth-order valence-electron chi connectivity index (χ4n) is 2.72. The van der Waals surface area contributed by atoms with Crippen LogP contribution in [0.1, 0.15) is 40.0 Å². The summed E-state index contributed by atoms with van der Waals surface area (Å²) in [6.07, 6.45) is 3.38. The summed E-state index contributed by atoms with van der Waals surface area (Å²) in [5.74, 6) is 0. The average Bonchev–Trinajstić information content (AvgIpc) is 2.17. The van der Waals surface area contributed by atoms with Crippen LogP contribution in [0.15, 0.2) is 0 Å². The van der Waals surface area contributed by atoms with Gasteiger partial charge in [0.05, 0.1) is 5.60 Å². The minimum atomic E-state index is -0.0204.